The molecule has 2 heterocycles. The summed E-state index contributed by atoms with van der Waals surface area (Å²) in [5, 5.41) is 7.00. The van der Waals surface area contributed by atoms with Crippen LogP contribution in [-0.2, 0) is 30.6 Å². The summed E-state index contributed by atoms with van der Waals surface area (Å²) in [7, 11) is -4.06. The Balaban J connectivity index is 1.32. The number of carbonyl (C=O) groups is 3. The topological polar surface area (TPSA) is 147 Å². The monoisotopic (exact) mass is 759 g/mol. The number of pyridine rings is 1. The van der Waals surface area contributed by atoms with Crippen LogP contribution in [0, 0.1) is 17.2 Å². The van der Waals surface area contributed by atoms with Gasteiger partial charge in [0.15, 0.2) is 0 Å². The molecule has 53 heavy (non-hydrogen) atoms. The zero-order valence-corrected chi connectivity index (χ0v) is 30.4. The fourth-order valence-electron chi connectivity index (χ4n) is 6.65. The molecule has 284 valence electrons. The van der Waals surface area contributed by atoms with Gasteiger partial charge in [-0.25, -0.2) is 17.8 Å². The maximum absolute atomic E-state index is 14.6. The molecule has 2 aliphatic carbocycles. The molecule has 0 unspecified atom stereocenters. The molecular weight excluding hydrogens is 718 g/mol. The highest BCUT2D eigenvalue weighted by molar-refractivity contribution is 7.91. The Morgan fingerprint density at radius 3 is 2.42 bits per heavy atom. The number of sulfonamides is 1. The molecule has 6 rings (SSSR count). The van der Waals surface area contributed by atoms with Gasteiger partial charge in [-0.15, -0.1) is 6.58 Å². The SMILES string of the molecule is C=C[C@@H]1C[C@]1(NC(=O)[C@@H]1C[C@@H](Oc2nccc3ccccc23)CN1C(=O)[C@@H](Nc1cc(F)cc(C(F)(F)F)c1)C(C)(C)C)C(=O)NS(=O)(=O)C1(C)CC1. The van der Waals surface area contributed by atoms with Crippen LogP contribution in [0.1, 0.15) is 58.9 Å². The lowest BCUT2D eigenvalue weighted by molar-refractivity contribution is -0.141. The molecule has 1 aromatic heterocycles. The van der Waals surface area contributed by atoms with E-state index in [1.807, 2.05) is 12.1 Å². The number of anilines is 1. The van der Waals surface area contributed by atoms with Crippen molar-refractivity contribution in [3.8, 4) is 5.88 Å². The minimum absolute atomic E-state index is 0.0636. The van der Waals surface area contributed by atoms with E-state index in [0.29, 0.717) is 30.4 Å². The number of alkyl halides is 3. The number of hydrogen-bond acceptors (Lipinski definition) is 8. The highest BCUT2D eigenvalue weighted by atomic mass is 32.2. The second kappa shape index (κ2) is 13.3. The van der Waals surface area contributed by atoms with Crippen molar-refractivity contribution >= 4 is 44.2 Å². The normalized spacial score (nSPS) is 24.2. The number of halogens is 4. The lowest BCUT2D eigenvalue weighted by Gasteiger charge is -2.36. The molecule has 2 aromatic carbocycles. The molecule has 1 saturated heterocycles. The molecule has 1 aliphatic heterocycles. The Bertz CT molecular complexity index is 2080. The third kappa shape index (κ3) is 7.55. The van der Waals surface area contributed by atoms with E-state index in [9.17, 15) is 40.4 Å². The van der Waals surface area contributed by atoms with Crippen LogP contribution in [0.2, 0.25) is 0 Å². The first kappa shape index (κ1) is 38.0. The number of aromatic nitrogens is 1. The van der Waals surface area contributed by atoms with Crippen LogP contribution < -0.4 is 20.1 Å². The maximum atomic E-state index is 14.6. The lowest BCUT2D eigenvalue weighted by atomic mass is 9.85. The minimum atomic E-state index is -4.86. The van der Waals surface area contributed by atoms with Gasteiger partial charge in [0.05, 0.1) is 16.9 Å². The van der Waals surface area contributed by atoms with Gasteiger partial charge in [-0.3, -0.25) is 19.1 Å². The van der Waals surface area contributed by atoms with E-state index in [-0.39, 0.29) is 31.0 Å². The van der Waals surface area contributed by atoms with Gasteiger partial charge in [-0.1, -0.05) is 45.0 Å². The largest absolute Gasteiger partial charge is 0.472 e. The van der Waals surface area contributed by atoms with Gasteiger partial charge in [0, 0.05) is 29.6 Å². The molecule has 0 spiro atoms. The number of nitrogens with zero attached hydrogens (tertiary/aromatic N) is 2. The van der Waals surface area contributed by atoms with Crippen LogP contribution >= 0.6 is 0 Å². The average Bonchev–Trinajstić information content (AvgIpc) is 3.96. The van der Waals surface area contributed by atoms with Gasteiger partial charge >= 0.3 is 6.18 Å². The van der Waals surface area contributed by atoms with E-state index >= 15 is 0 Å². The smallest absolute Gasteiger partial charge is 0.416 e. The van der Waals surface area contributed by atoms with Crippen molar-refractivity contribution < 1.29 is 45.1 Å². The van der Waals surface area contributed by atoms with Crippen molar-refractivity contribution in [3.63, 3.8) is 0 Å². The van der Waals surface area contributed by atoms with Crippen LogP contribution in [0.3, 0.4) is 0 Å². The fraction of sp³-hybridized carbons (Fsp3) is 0.459. The Morgan fingerprint density at radius 1 is 1.09 bits per heavy atom. The highest BCUT2D eigenvalue weighted by Gasteiger charge is 2.63. The number of amides is 3. The van der Waals surface area contributed by atoms with Gasteiger partial charge in [0.2, 0.25) is 27.7 Å². The van der Waals surface area contributed by atoms with Gasteiger partial charge in [-0.05, 0) is 67.3 Å². The fourth-order valence-corrected chi connectivity index (χ4v) is 7.97. The summed E-state index contributed by atoms with van der Waals surface area (Å²) in [6.45, 7) is 10.1. The van der Waals surface area contributed by atoms with Gasteiger partial charge in [0.25, 0.3) is 5.91 Å². The molecule has 3 N–H and O–H groups in total. The van der Waals surface area contributed by atoms with Gasteiger partial charge in [-0.2, -0.15) is 13.2 Å². The summed E-state index contributed by atoms with van der Waals surface area (Å²) in [5.74, 6) is -3.93. The third-order valence-electron chi connectivity index (χ3n) is 10.3. The molecule has 0 bridgehead atoms. The number of hydrogen-bond donors (Lipinski definition) is 3. The number of ether oxygens (including phenoxy) is 1. The number of nitrogens with one attached hydrogen (secondary N) is 3. The summed E-state index contributed by atoms with van der Waals surface area (Å²) in [6.07, 6.45) is -1.94. The van der Waals surface area contributed by atoms with E-state index in [1.54, 1.807) is 45.2 Å². The first-order valence-corrected chi connectivity index (χ1v) is 18.6. The summed E-state index contributed by atoms with van der Waals surface area (Å²) >= 11 is 0. The lowest BCUT2D eigenvalue weighted by Crippen LogP contribution is -2.59. The molecule has 11 nitrogen and oxygen atoms in total. The molecule has 16 heteroatoms. The summed E-state index contributed by atoms with van der Waals surface area (Å²) in [6, 6.07) is 8.42. The van der Waals surface area contributed by atoms with Crippen molar-refractivity contribution in [2.24, 2.45) is 11.3 Å². The Labute approximate surface area is 304 Å². The first-order chi connectivity index (χ1) is 24.7. The zero-order valence-electron chi connectivity index (χ0n) is 29.6. The van der Waals surface area contributed by atoms with Crippen LogP contribution in [0.4, 0.5) is 23.2 Å². The van der Waals surface area contributed by atoms with Crippen LogP contribution in [0.15, 0.2) is 67.4 Å². The summed E-state index contributed by atoms with van der Waals surface area (Å²) < 4.78 is 88.4. The molecule has 3 fully saturated rings. The number of fused-ring (bicyclic) bond motifs is 1. The number of benzene rings is 2. The van der Waals surface area contributed by atoms with Crippen molar-refractivity contribution in [1.82, 2.24) is 19.9 Å². The Morgan fingerprint density at radius 2 is 1.79 bits per heavy atom. The van der Waals surface area contributed by atoms with Crippen LogP contribution in [0.25, 0.3) is 10.8 Å². The second-order valence-corrected chi connectivity index (χ2v) is 17.6. The van der Waals surface area contributed by atoms with Gasteiger partial charge < -0.3 is 20.3 Å². The first-order valence-electron chi connectivity index (χ1n) is 17.1. The predicted octanol–water partition coefficient (Wildman–Crippen LogP) is 5.33. The number of rotatable bonds is 11. The molecular formula is C37H41F4N5O6S. The second-order valence-electron chi connectivity index (χ2n) is 15.4. The van der Waals surface area contributed by atoms with Crippen molar-refractivity contribution in [3.05, 3.63) is 78.8 Å². The molecule has 2 saturated carbocycles. The van der Waals surface area contributed by atoms with E-state index in [1.165, 1.54) is 17.9 Å². The Kier molecular flexibility index (Phi) is 9.53. The van der Waals surface area contributed by atoms with Crippen molar-refractivity contribution in [2.75, 3.05) is 11.9 Å². The van der Waals surface area contributed by atoms with Crippen LogP contribution in [-0.4, -0.2) is 71.0 Å². The average molecular weight is 760 g/mol. The highest BCUT2D eigenvalue weighted by Crippen LogP contribution is 2.47. The molecule has 3 amide bonds. The van der Waals surface area contributed by atoms with E-state index in [2.05, 4.69) is 26.9 Å². The molecule has 5 atom stereocenters. The van der Waals surface area contributed by atoms with Gasteiger partial charge in [0.1, 0.15) is 29.5 Å². The third-order valence-corrected chi connectivity index (χ3v) is 12.5. The molecule has 3 aromatic rings. The molecule has 0 radical (unpaired) electrons. The standard InChI is InChI=1S/C37H41F4N5O6S/c1-6-22-19-36(22,33(49)45-53(50,51)35(5)12-13-35)44-30(47)28-18-26(52-31-27-10-8-7-9-21(27)11-14-42-31)20-46(28)32(48)29(34(2,3)4)43-25-16-23(37(39,40)41)15-24(38)17-25/h6-11,14-17,22,26,28-29,43H,1,12-13,18-20H2,2-5H3,(H,44,47)(H,45,49)/t22-,26-,28+,29-,36-/m1/s1. The number of likely N-dealkylation sites (tertiary alicyclic amines) is 1. The summed E-state index contributed by atoms with van der Waals surface area (Å²) in [4.78, 5) is 48.0. The van der Waals surface area contributed by atoms with E-state index < -0.39 is 85.1 Å². The van der Waals surface area contributed by atoms with E-state index in [0.717, 1.165) is 11.5 Å². The number of carbonyl (C=O) groups excluding carboxylic acids is 3. The van der Waals surface area contributed by atoms with E-state index in [4.69, 9.17) is 4.74 Å². The Hall–Kier alpha value is -4.73. The van der Waals surface area contributed by atoms with Crippen molar-refractivity contribution in [2.45, 2.75) is 88.0 Å². The minimum Gasteiger partial charge on any atom is -0.472 e. The quantitative estimate of drug-likeness (QED) is 0.176. The zero-order chi connectivity index (χ0) is 38.7. The summed E-state index contributed by atoms with van der Waals surface area (Å²) in [5.41, 5.74) is -4.19. The predicted molar refractivity (Wildman–Crippen MR) is 188 cm³/mol. The molecule has 3 aliphatic rings. The van der Waals surface area contributed by atoms with Crippen LogP contribution in [0.5, 0.6) is 5.88 Å². The van der Waals surface area contributed by atoms with Crippen molar-refractivity contribution in [1.29, 1.82) is 0 Å². The maximum Gasteiger partial charge on any atom is 0.416 e.